The predicted octanol–water partition coefficient (Wildman–Crippen LogP) is 3.85. The number of carbonyl (C=O) groups is 1. The van der Waals surface area contributed by atoms with E-state index in [-0.39, 0.29) is 23.7 Å². The minimum absolute atomic E-state index is 0.124. The number of rotatable bonds is 3. The van der Waals surface area contributed by atoms with Crippen LogP contribution in [0.5, 0.6) is 0 Å². The van der Waals surface area contributed by atoms with Crippen molar-refractivity contribution in [2.75, 3.05) is 6.54 Å². The molecule has 136 valence electrons. The van der Waals surface area contributed by atoms with Gasteiger partial charge in [-0.1, -0.05) is 48.9 Å². The van der Waals surface area contributed by atoms with Crippen LogP contribution in [0.3, 0.4) is 0 Å². The smallest absolute Gasteiger partial charge is 0.220 e. The Morgan fingerprint density at radius 3 is 2.73 bits per heavy atom. The summed E-state index contributed by atoms with van der Waals surface area (Å²) in [7, 11) is 0. The van der Waals surface area contributed by atoms with E-state index in [9.17, 15) is 9.18 Å². The van der Waals surface area contributed by atoms with Crippen LogP contribution in [0, 0.1) is 5.82 Å². The number of likely N-dealkylation sites (tertiary alicyclic amines) is 1. The molecule has 2 heterocycles. The van der Waals surface area contributed by atoms with Gasteiger partial charge in [0, 0.05) is 31.5 Å². The van der Waals surface area contributed by atoms with Gasteiger partial charge < -0.3 is 5.32 Å². The highest BCUT2D eigenvalue weighted by atomic mass is 19.1. The largest absolute Gasteiger partial charge is 0.351 e. The Labute approximate surface area is 154 Å². The Morgan fingerprint density at radius 1 is 1.08 bits per heavy atom. The molecule has 0 unspecified atom stereocenters. The first-order valence-electron chi connectivity index (χ1n) is 9.53. The van der Waals surface area contributed by atoms with Crippen LogP contribution in [0.15, 0.2) is 54.6 Å². The minimum atomic E-state index is -0.191. The number of halogens is 1. The van der Waals surface area contributed by atoms with Gasteiger partial charge >= 0.3 is 0 Å². The lowest BCUT2D eigenvalue weighted by Crippen LogP contribution is -2.47. The van der Waals surface area contributed by atoms with Crippen LogP contribution in [-0.4, -0.2) is 29.4 Å². The second-order valence-electron chi connectivity index (χ2n) is 7.48. The zero-order valence-electron chi connectivity index (χ0n) is 14.9. The highest BCUT2D eigenvalue weighted by Crippen LogP contribution is 2.36. The van der Waals surface area contributed by atoms with E-state index in [1.54, 1.807) is 12.1 Å². The fourth-order valence-electron chi connectivity index (χ4n) is 4.52. The minimum Gasteiger partial charge on any atom is -0.351 e. The molecule has 4 heteroatoms. The highest BCUT2D eigenvalue weighted by molar-refractivity contribution is 5.76. The molecule has 4 rings (SSSR count). The first-order chi connectivity index (χ1) is 12.7. The molecule has 3 nitrogen and oxygen atoms in total. The normalized spacial score (nSPS) is 26.7. The van der Waals surface area contributed by atoms with Crippen molar-refractivity contribution in [3.8, 4) is 0 Å². The molecule has 0 aliphatic carbocycles. The topological polar surface area (TPSA) is 32.3 Å². The number of hydrogen-bond acceptors (Lipinski definition) is 2. The molecule has 1 amide bonds. The summed E-state index contributed by atoms with van der Waals surface area (Å²) in [5, 5.41) is 3.30. The van der Waals surface area contributed by atoms with Crippen molar-refractivity contribution in [1.29, 1.82) is 0 Å². The van der Waals surface area contributed by atoms with Gasteiger partial charge in [0.15, 0.2) is 0 Å². The van der Waals surface area contributed by atoms with Gasteiger partial charge in [-0.05, 0) is 36.1 Å². The van der Waals surface area contributed by atoms with Crippen LogP contribution in [0.2, 0.25) is 0 Å². The van der Waals surface area contributed by atoms with E-state index in [2.05, 4.69) is 34.5 Å². The molecule has 2 aliphatic rings. The molecule has 2 saturated heterocycles. The van der Waals surface area contributed by atoms with Crippen molar-refractivity contribution >= 4 is 5.91 Å². The van der Waals surface area contributed by atoms with E-state index in [0.717, 1.165) is 37.9 Å². The van der Waals surface area contributed by atoms with Crippen molar-refractivity contribution in [2.24, 2.45) is 0 Å². The Morgan fingerprint density at radius 2 is 1.92 bits per heavy atom. The fraction of sp³-hybridized carbons (Fsp3) is 0.409. The van der Waals surface area contributed by atoms with Crippen molar-refractivity contribution in [3.05, 3.63) is 71.5 Å². The number of hydrogen-bond donors (Lipinski definition) is 1. The van der Waals surface area contributed by atoms with Gasteiger partial charge in [-0.2, -0.15) is 0 Å². The molecule has 26 heavy (non-hydrogen) atoms. The van der Waals surface area contributed by atoms with Crippen LogP contribution < -0.4 is 5.32 Å². The van der Waals surface area contributed by atoms with Crippen molar-refractivity contribution < 1.29 is 9.18 Å². The first-order valence-corrected chi connectivity index (χ1v) is 9.53. The maximum atomic E-state index is 13.6. The second-order valence-corrected chi connectivity index (χ2v) is 7.48. The summed E-state index contributed by atoms with van der Waals surface area (Å²) >= 11 is 0. The van der Waals surface area contributed by atoms with E-state index in [4.69, 9.17) is 0 Å². The molecule has 0 saturated carbocycles. The van der Waals surface area contributed by atoms with Gasteiger partial charge in [0.25, 0.3) is 0 Å². The van der Waals surface area contributed by atoms with Crippen LogP contribution in [0.4, 0.5) is 4.39 Å². The highest BCUT2D eigenvalue weighted by Gasteiger charge is 2.43. The SMILES string of the molecule is O=C1CCCC[C@@H]2[C@@H](N1)[C@H](c1ccccc1)CN2Cc1cccc(F)c1. The lowest BCUT2D eigenvalue weighted by Gasteiger charge is -2.31. The maximum absolute atomic E-state index is 13.6. The summed E-state index contributed by atoms with van der Waals surface area (Å²) in [5.41, 5.74) is 2.26. The van der Waals surface area contributed by atoms with E-state index < -0.39 is 0 Å². The molecule has 0 bridgehead atoms. The first kappa shape index (κ1) is 17.2. The molecule has 2 aliphatic heterocycles. The Hall–Kier alpha value is -2.20. The maximum Gasteiger partial charge on any atom is 0.220 e. The molecule has 2 aromatic rings. The van der Waals surface area contributed by atoms with Gasteiger partial charge in [0.2, 0.25) is 5.91 Å². The molecular formula is C22H25FN2O. The van der Waals surface area contributed by atoms with Crippen LogP contribution >= 0.6 is 0 Å². The van der Waals surface area contributed by atoms with E-state index in [1.165, 1.54) is 11.6 Å². The summed E-state index contributed by atoms with van der Waals surface area (Å²) in [6, 6.07) is 17.7. The van der Waals surface area contributed by atoms with Gasteiger partial charge in [-0.15, -0.1) is 0 Å². The molecular weight excluding hydrogens is 327 g/mol. The third-order valence-electron chi connectivity index (χ3n) is 5.73. The third kappa shape index (κ3) is 3.65. The van der Waals surface area contributed by atoms with Crippen molar-refractivity contribution in [1.82, 2.24) is 10.2 Å². The molecule has 0 aromatic heterocycles. The Kier molecular flexibility index (Phi) is 5.02. The van der Waals surface area contributed by atoms with Crippen molar-refractivity contribution in [2.45, 2.75) is 50.2 Å². The van der Waals surface area contributed by atoms with Crippen LogP contribution in [0.1, 0.15) is 42.7 Å². The zero-order chi connectivity index (χ0) is 17.9. The molecule has 2 fully saturated rings. The lowest BCUT2D eigenvalue weighted by molar-refractivity contribution is -0.122. The Balaban J connectivity index is 1.62. The number of nitrogens with zero attached hydrogens (tertiary/aromatic N) is 1. The number of benzene rings is 2. The molecule has 2 aromatic carbocycles. The van der Waals surface area contributed by atoms with Crippen molar-refractivity contribution in [3.63, 3.8) is 0 Å². The second kappa shape index (κ2) is 7.58. The Bertz CT molecular complexity index is 764. The number of fused-ring (bicyclic) bond motifs is 1. The zero-order valence-corrected chi connectivity index (χ0v) is 14.9. The van der Waals surface area contributed by atoms with Gasteiger partial charge in [-0.3, -0.25) is 9.69 Å². The van der Waals surface area contributed by atoms with E-state index >= 15 is 0 Å². The standard InChI is InChI=1S/C22H25FN2O/c23-18-10-6-7-16(13-18)14-25-15-19(17-8-2-1-3-9-17)22-20(25)11-4-5-12-21(26)24-22/h1-3,6-10,13,19-20,22H,4-5,11-12,14-15H2,(H,24,26)/t19-,20+,22-/m0/s1. The fourth-order valence-corrected chi connectivity index (χ4v) is 4.52. The predicted molar refractivity (Wildman–Crippen MR) is 100 cm³/mol. The summed E-state index contributed by atoms with van der Waals surface area (Å²) in [4.78, 5) is 14.7. The quantitative estimate of drug-likeness (QED) is 0.910. The summed E-state index contributed by atoms with van der Waals surface area (Å²) < 4.78 is 13.6. The summed E-state index contributed by atoms with van der Waals surface area (Å²) in [6.45, 7) is 1.61. The number of carbonyl (C=O) groups excluding carboxylic acids is 1. The molecule has 1 N–H and O–H groups in total. The van der Waals surface area contributed by atoms with Gasteiger partial charge in [0.1, 0.15) is 5.82 Å². The lowest BCUT2D eigenvalue weighted by atomic mass is 9.88. The van der Waals surface area contributed by atoms with Gasteiger partial charge in [-0.25, -0.2) is 4.39 Å². The average molecular weight is 352 g/mol. The van der Waals surface area contributed by atoms with Crippen LogP contribution in [-0.2, 0) is 11.3 Å². The number of amides is 1. The van der Waals surface area contributed by atoms with E-state index in [1.807, 2.05) is 12.1 Å². The summed E-state index contributed by atoms with van der Waals surface area (Å²) in [6.07, 6.45) is 3.70. The molecule has 3 atom stereocenters. The third-order valence-corrected chi connectivity index (χ3v) is 5.73. The van der Waals surface area contributed by atoms with Crippen LogP contribution in [0.25, 0.3) is 0 Å². The van der Waals surface area contributed by atoms with Gasteiger partial charge in [0.05, 0.1) is 6.04 Å². The van der Waals surface area contributed by atoms with E-state index in [0.29, 0.717) is 12.5 Å². The molecule has 0 spiro atoms. The summed E-state index contributed by atoms with van der Waals surface area (Å²) in [5.74, 6) is 0.244. The number of nitrogens with one attached hydrogen (secondary N) is 1. The molecule has 0 radical (unpaired) electrons. The monoisotopic (exact) mass is 352 g/mol. The average Bonchev–Trinajstić information content (AvgIpc) is 2.94.